The second-order valence-electron chi connectivity index (χ2n) is 9.00. The number of sulfone groups is 1. The van der Waals surface area contributed by atoms with Gasteiger partial charge in [0.15, 0.2) is 0 Å². The maximum atomic E-state index is 13.4. The molecule has 0 fully saturated rings. The Morgan fingerprint density at radius 1 is 0.621 bits per heavy atom. The van der Waals surface area contributed by atoms with E-state index in [1.165, 1.54) is 90.4 Å². The van der Waals surface area contributed by atoms with Gasteiger partial charge in [0.2, 0.25) is 0 Å². The molecule has 0 aliphatic rings. The van der Waals surface area contributed by atoms with Crippen LogP contribution < -0.4 is 0 Å². The molecule has 2 nitrogen and oxygen atoms in total. The van der Waals surface area contributed by atoms with Gasteiger partial charge in [-0.05, 0) is 0 Å². The van der Waals surface area contributed by atoms with Gasteiger partial charge in [-0.3, -0.25) is 0 Å². The number of hydrogen-bond acceptors (Lipinski definition) is 2. The van der Waals surface area contributed by atoms with Gasteiger partial charge in [-0.2, -0.15) is 0 Å². The number of hydrogen-bond donors (Lipinski definition) is 0. The predicted molar refractivity (Wildman–Crippen MR) is 131 cm³/mol. The Bertz CT molecular complexity index is 582. The first-order chi connectivity index (χ1) is 14.0. The molecule has 1 aromatic carbocycles. The summed E-state index contributed by atoms with van der Waals surface area (Å²) >= 11 is -2.77. The second-order valence-corrected chi connectivity index (χ2v) is 26.3. The second kappa shape index (κ2) is 15.7. The van der Waals surface area contributed by atoms with E-state index in [0.717, 1.165) is 0 Å². The van der Waals surface area contributed by atoms with Crippen molar-refractivity contribution in [3.05, 3.63) is 30.3 Å². The summed E-state index contributed by atoms with van der Waals surface area (Å²) in [6, 6.07) is 9.26. The molecule has 0 amide bonds. The van der Waals surface area contributed by atoms with Gasteiger partial charge in [0.05, 0.1) is 0 Å². The molecule has 168 valence electrons. The van der Waals surface area contributed by atoms with E-state index in [2.05, 4.69) is 20.8 Å². The van der Waals surface area contributed by atoms with E-state index in [1.807, 2.05) is 18.2 Å². The zero-order valence-corrected chi connectivity index (χ0v) is 23.1. The molecule has 0 aromatic heterocycles. The molecular weight excluding hydrogens is 483 g/mol. The molecule has 4 heteroatoms. The summed E-state index contributed by atoms with van der Waals surface area (Å²) in [5.74, 6) is 0. The van der Waals surface area contributed by atoms with E-state index in [1.54, 1.807) is 12.1 Å². The molecule has 0 radical (unpaired) electrons. The van der Waals surface area contributed by atoms with Crippen molar-refractivity contribution in [3.8, 4) is 0 Å². The van der Waals surface area contributed by atoms with Crippen LogP contribution in [0.2, 0.25) is 13.3 Å². The van der Waals surface area contributed by atoms with Crippen LogP contribution in [0.1, 0.15) is 97.8 Å². The van der Waals surface area contributed by atoms with Crippen LogP contribution in [0.5, 0.6) is 0 Å². The molecule has 0 heterocycles. The van der Waals surface area contributed by atoms with E-state index in [4.69, 9.17) is 0 Å². The van der Waals surface area contributed by atoms with Crippen molar-refractivity contribution in [2.45, 2.75) is 116 Å². The Balaban J connectivity index is 2.99. The van der Waals surface area contributed by atoms with Crippen LogP contribution in [0.15, 0.2) is 35.2 Å². The van der Waals surface area contributed by atoms with Crippen LogP contribution in [0.4, 0.5) is 0 Å². The van der Waals surface area contributed by atoms with Crippen molar-refractivity contribution < 1.29 is 8.42 Å². The number of rotatable bonds is 18. The number of unbranched alkanes of at least 4 members (excludes halogenated alkanes) is 9. The molecule has 1 aromatic rings. The minimum atomic E-state index is -3.15. The molecule has 0 spiro atoms. The molecule has 0 aliphatic heterocycles. The fraction of sp³-hybridized carbons (Fsp3) is 0.760. The van der Waals surface area contributed by atoms with Crippen molar-refractivity contribution in [1.82, 2.24) is 0 Å². The van der Waals surface area contributed by atoms with Crippen LogP contribution in [-0.2, 0) is 9.84 Å². The van der Waals surface area contributed by atoms with Crippen LogP contribution in [0, 0.1) is 0 Å². The number of benzene rings is 1. The van der Waals surface area contributed by atoms with Gasteiger partial charge < -0.3 is 0 Å². The topological polar surface area (TPSA) is 34.1 Å². The normalized spacial score (nSPS) is 12.4. The average Bonchev–Trinajstić information content (AvgIpc) is 2.72. The van der Waals surface area contributed by atoms with Crippen LogP contribution in [-0.4, -0.2) is 30.6 Å². The summed E-state index contributed by atoms with van der Waals surface area (Å²) in [5, 5.41) is 0. The molecule has 0 saturated heterocycles. The molecule has 0 unspecified atom stereocenters. The van der Waals surface area contributed by atoms with Crippen LogP contribution >= 0.6 is 0 Å². The van der Waals surface area contributed by atoms with Gasteiger partial charge in [0, 0.05) is 0 Å². The van der Waals surface area contributed by atoms with E-state index < -0.39 is 28.2 Å². The molecule has 0 atom stereocenters. The molecule has 0 saturated carbocycles. The summed E-state index contributed by atoms with van der Waals surface area (Å²) in [6.07, 6.45) is 15.2. The monoisotopic (exact) mass is 530 g/mol. The summed E-state index contributed by atoms with van der Waals surface area (Å²) < 4.78 is 31.1. The Labute approximate surface area is 186 Å². The van der Waals surface area contributed by atoms with Crippen molar-refractivity contribution in [2.75, 3.05) is 3.77 Å². The van der Waals surface area contributed by atoms with Gasteiger partial charge >= 0.3 is 187 Å². The standard InChI is InChI=1S/C7H7O2S.3C6H13.Sn/c1-10(8,9)7-5-3-2-4-6-7;3*1-3-5-6-4-2;/h2-6H,1H2;3*1,3-6H2,2H3;. The SMILES string of the molecule is CCCCC[CH2][Sn]([CH2]CCCCC)([CH2]CCCCC)[CH2]S(=O)(=O)c1ccccc1. The molecule has 1 rings (SSSR count). The third-order valence-corrected chi connectivity index (χ3v) is 28.9. The Hall–Kier alpha value is -0.0313. The van der Waals surface area contributed by atoms with Crippen molar-refractivity contribution >= 4 is 28.2 Å². The molecular formula is C25H46O2SSn. The Kier molecular flexibility index (Phi) is 14.6. The zero-order valence-electron chi connectivity index (χ0n) is 19.4. The fourth-order valence-electron chi connectivity index (χ4n) is 4.49. The first-order valence-corrected chi connectivity index (χ1v) is 22.0. The predicted octanol–water partition coefficient (Wildman–Crippen LogP) is 8.19. The maximum absolute atomic E-state index is 13.4. The van der Waals surface area contributed by atoms with E-state index in [9.17, 15) is 8.42 Å². The average molecular weight is 529 g/mol. The fourth-order valence-corrected chi connectivity index (χ4v) is 29.2. The molecule has 0 bridgehead atoms. The summed E-state index contributed by atoms with van der Waals surface area (Å²) in [7, 11) is -3.15. The first-order valence-electron chi connectivity index (χ1n) is 12.3. The summed E-state index contributed by atoms with van der Waals surface area (Å²) in [5.41, 5.74) is 0. The van der Waals surface area contributed by atoms with Crippen LogP contribution in [0.3, 0.4) is 0 Å². The van der Waals surface area contributed by atoms with Gasteiger partial charge in [-0.15, -0.1) is 0 Å². The molecule has 0 N–H and O–H groups in total. The first kappa shape index (κ1) is 27.0. The van der Waals surface area contributed by atoms with Crippen LogP contribution in [0.25, 0.3) is 0 Å². The van der Waals surface area contributed by atoms with E-state index >= 15 is 0 Å². The van der Waals surface area contributed by atoms with Gasteiger partial charge in [0.1, 0.15) is 0 Å². The molecule has 0 aliphatic carbocycles. The van der Waals surface area contributed by atoms with E-state index in [0.29, 0.717) is 8.66 Å². The van der Waals surface area contributed by atoms with Gasteiger partial charge in [0.25, 0.3) is 0 Å². The summed E-state index contributed by atoms with van der Waals surface area (Å²) in [6.45, 7) is 6.77. The van der Waals surface area contributed by atoms with Crippen molar-refractivity contribution in [3.63, 3.8) is 0 Å². The van der Waals surface area contributed by atoms with Crippen molar-refractivity contribution in [2.24, 2.45) is 0 Å². The third kappa shape index (κ3) is 11.2. The summed E-state index contributed by atoms with van der Waals surface area (Å²) in [4.78, 5) is 0.553. The third-order valence-electron chi connectivity index (χ3n) is 6.28. The quantitative estimate of drug-likeness (QED) is 0.142. The van der Waals surface area contributed by atoms with Crippen molar-refractivity contribution in [1.29, 1.82) is 0 Å². The minimum absolute atomic E-state index is 0.538. The Morgan fingerprint density at radius 2 is 1.03 bits per heavy atom. The molecule has 29 heavy (non-hydrogen) atoms. The van der Waals surface area contributed by atoms with E-state index in [-0.39, 0.29) is 0 Å². The zero-order chi connectivity index (χ0) is 21.4. The van der Waals surface area contributed by atoms with Gasteiger partial charge in [-0.1, -0.05) is 0 Å². The Morgan fingerprint density at radius 3 is 1.41 bits per heavy atom. The van der Waals surface area contributed by atoms with Gasteiger partial charge in [-0.25, -0.2) is 0 Å².